The Hall–Kier alpha value is -0.620. The van der Waals surface area contributed by atoms with Crippen molar-refractivity contribution in [1.29, 1.82) is 0 Å². The van der Waals surface area contributed by atoms with Gasteiger partial charge in [0.2, 0.25) is 0 Å². The molecule has 0 bridgehead atoms. The predicted octanol–water partition coefficient (Wildman–Crippen LogP) is 0.299. The van der Waals surface area contributed by atoms with Crippen LogP contribution in [0.1, 0.15) is 20.8 Å². The van der Waals surface area contributed by atoms with E-state index in [-0.39, 0.29) is 6.61 Å². The minimum Gasteiger partial charge on any atom is -0.480 e. The number of hydrogen-bond donors (Lipinski definition) is 1. The van der Waals surface area contributed by atoms with Crippen molar-refractivity contribution in [2.24, 2.45) is 0 Å². The Kier molecular flexibility index (Phi) is 4.08. The quantitative estimate of drug-likeness (QED) is 0.726. The van der Waals surface area contributed by atoms with Crippen LogP contribution in [0.3, 0.4) is 0 Å². The molecule has 1 unspecified atom stereocenters. The van der Waals surface area contributed by atoms with Gasteiger partial charge in [-0.25, -0.2) is 8.42 Å². The van der Waals surface area contributed by atoms with Crippen LogP contribution >= 0.6 is 0 Å². The molecule has 0 amide bonds. The highest BCUT2D eigenvalue weighted by molar-refractivity contribution is 7.94. The molecule has 14 heavy (non-hydrogen) atoms. The number of methoxy groups -OCH3 is 1. The second-order valence-corrected chi connectivity index (χ2v) is 6.54. The summed E-state index contributed by atoms with van der Waals surface area (Å²) < 4.78 is 26.4. The fourth-order valence-corrected chi connectivity index (χ4v) is 2.51. The monoisotopic (exact) mass is 224 g/mol. The van der Waals surface area contributed by atoms with E-state index in [1.54, 1.807) is 0 Å². The highest BCUT2D eigenvalue weighted by atomic mass is 32.2. The van der Waals surface area contributed by atoms with Gasteiger partial charge >= 0.3 is 5.97 Å². The Balaban J connectivity index is 5.06. The third-order valence-electron chi connectivity index (χ3n) is 2.16. The number of rotatable bonds is 5. The topological polar surface area (TPSA) is 80.7 Å². The van der Waals surface area contributed by atoms with Crippen LogP contribution in [0.25, 0.3) is 0 Å². The van der Waals surface area contributed by atoms with Crippen molar-refractivity contribution in [2.45, 2.75) is 30.8 Å². The van der Waals surface area contributed by atoms with Crippen molar-refractivity contribution in [1.82, 2.24) is 0 Å². The molecule has 0 aromatic carbocycles. The van der Waals surface area contributed by atoms with Crippen molar-refractivity contribution in [3.05, 3.63) is 0 Å². The van der Waals surface area contributed by atoms with Gasteiger partial charge in [-0.1, -0.05) is 0 Å². The van der Waals surface area contributed by atoms with Crippen molar-refractivity contribution < 1.29 is 23.1 Å². The lowest BCUT2D eigenvalue weighted by Gasteiger charge is -2.23. The van der Waals surface area contributed by atoms with Gasteiger partial charge in [-0.05, 0) is 20.8 Å². The summed E-state index contributed by atoms with van der Waals surface area (Å²) >= 11 is 0. The molecule has 0 spiro atoms. The minimum absolute atomic E-state index is 0.000949. The Bertz CT molecular complexity index is 304. The van der Waals surface area contributed by atoms with Gasteiger partial charge in [0.05, 0.1) is 11.9 Å². The first-order chi connectivity index (χ1) is 6.17. The largest absolute Gasteiger partial charge is 0.480 e. The molecule has 0 rings (SSSR count). The van der Waals surface area contributed by atoms with Crippen LogP contribution in [0.2, 0.25) is 0 Å². The summed E-state index contributed by atoms with van der Waals surface area (Å²) in [6.45, 7) is 3.79. The van der Waals surface area contributed by atoms with Crippen molar-refractivity contribution in [3.63, 3.8) is 0 Å². The number of aliphatic carboxylic acids is 1. The first-order valence-electron chi connectivity index (χ1n) is 4.13. The van der Waals surface area contributed by atoms with E-state index in [2.05, 4.69) is 0 Å². The van der Waals surface area contributed by atoms with Gasteiger partial charge in [0.25, 0.3) is 0 Å². The van der Waals surface area contributed by atoms with Crippen LogP contribution in [0.5, 0.6) is 0 Å². The summed E-state index contributed by atoms with van der Waals surface area (Å²) in [7, 11) is -2.35. The van der Waals surface area contributed by atoms with Gasteiger partial charge in [-0.2, -0.15) is 0 Å². The molecule has 1 atom stereocenters. The zero-order valence-electron chi connectivity index (χ0n) is 8.77. The molecule has 0 aliphatic heterocycles. The first-order valence-corrected chi connectivity index (χ1v) is 5.68. The maximum Gasteiger partial charge on any atom is 0.324 e. The molecule has 0 aliphatic rings. The molecule has 0 radical (unpaired) electrons. The Morgan fingerprint density at radius 1 is 1.50 bits per heavy atom. The second kappa shape index (κ2) is 4.27. The van der Waals surface area contributed by atoms with E-state index in [1.807, 2.05) is 0 Å². The fourth-order valence-electron chi connectivity index (χ4n) is 0.949. The molecular weight excluding hydrogens is 208 g/mol. The van der Waals surface area contributed by atoms with E-state index in [0.29, 0.717) is 0 Å². The van der Waals surface area contributed by atoms with Gasteiger partial charge in [0.1, 0.15) is 0 Å². The fraction of sp³-hybridized carbons (Fsp3) is 0.875. The van der Waals surface area contributed by atoms with Crippen molar-refractivity contribution in [3.8, 4) is 0 Å². The maximum absolute atomic E-state index is 11.7. The molecule has 0 fully saturated rings. The van der Waals surface area contributed by atoms with Crippen LogP contribution in [-0.4, -0.2) is 43.2 Å². The van der Waals surface area contributed by atoms with E-state index < -0.39 is 25.8 Å². The lowest BCUT2D eigenvalue weighted by molar-refractivity contribution is -0.139. The Labute approximate surface area is 84.0 Å². The Morgan fingerprint density at radius 3 is 2.21 bits per heavy atom. The molecular formula is C8H16O5S. The van der Waals surface area contributed by atoms with E-state index >= 15 is 0 Å². The smallest absolute Gasteiger partial charge is 0.324 e. The van der Waals surface area contributed by atoms with Crippen molar-refractivity contribution >= 4 is 15.8 Å². The lowest BCUT2D eigenvalue weighted by Crippen LogP contribution is -2.46. The van der Waals surface area contributed by atoms with Gasteiger partial charge in [0, 0.05) is 7.11 Å². The van der Waals surface area contributed by atoms with Crippen LogP contribution in [-0.2, 0) is 19.4 Å². The number of ether oxygens (including phenoxy) is 1. The number of carboxylic acids is 1. The zero-order chi connectivity index (χ0) is 11.6. The molecule has 84 valence electrons. The van der Waals surface area contributed by atoms with E-state index in [1.165, 1.54) is 27.9 Å². The van der Waals surface area contributed by atoms with Gasteiger partial charge in [0.15, 0.2) is 14.6 Å². The Morgan fingerprint density at radius 2 is 1.93 bits per heavy atom. The third kappa shape index (κ3) is 2.24. The normalized spacial score (nSPS) is 15.1. The van der Waals surface area contributed by atoms with Crippen LogP contribution in [0, 0.1) is 0 Å². The van der Waals surface area contributed by atoms with E-state index in [4.69, 9.17) is 9.84 Å². The molecule has 0 aromatic rings. The molecule has 0 saturated carbocycles. The summed E-state index contributed by atoms with van der Waals surface area (Å²) in [5.41, 5.74) is 0. The van der Waals surface area contributed by atoms with Gasteiger partial charge in [-0.15, -0.1) is 0 Å². The summed E-state index contributed by atoms with van der Waals surface area (Å²) in [5, 5.41) is 7.95. The SMILES string of the molecule is COCC(C)S(=O)(=O)C(C)(C)C(=O)O. The molecule has 0 aromatic heterocycles. The van der Waals surface area contributed by atoms with Gasteiger partial charge in [-0.3, -0.25) is 4.79 Å². The number of carbonyl (C=O) groups is 1. The van der Waals surface area contributed by atoms with Crippen LogP contribution < -0.4 is 0 Å². The average molecular weight is 224 g/mol. The average Bonchev–Trinajstić information content (AvgIpc) is 2.04. The highest BCUT2D eigenvalue weighted by Gasteiger charge is 2.44. The summed E-state index contributed by atoms with van der Waals surface area (Å²) in [5.74, 6) is -1.35. The van der Waals surface area contributed by atoms with E-state index in [9.17, 15) is 13.2 Å². The van der Waals surface area contributed by atoms with Crippen molar-refractivity contribution in [2.75, 3.05) is 13.7 Å². The molecule has 1 N–H and O–H groups in total. The predicted molar refractivity (Wildman–Crippen MR) is 52.0 cm³/mol. The molecule has 5 nitrogen and oxygen atoms in total. The van der Waals surface area contributed by atoms with Crippen LogP contribution in [0.4, 0.5) is 0 Å². The molecule has 0 saturated heterocycles. The van der Waals surface area contributed by atoms with Gasteiger partial charge < -0.3 is 9.84 Å². The number of sulfone groups is 1. The van der Waals surface area contributed by atoms with Crippen LogP contribution in [0.15, 0.2) is 0 Å². The summed E-state index contributed by atoms with van der Waals surface area (Å²) in [4.78, 5) is 10.8. The second-order valence-electron chi connectivity index (χ2n) is 3.63. The number of hydrogen-bond acceptors (Lipinski definition) is 4. The molecule has 0 aliphatic carbocycles. The molecule has 0 heterocycles. The lowest BCUT2D eigenvalue weighted by atomic mass is 10.2. The molecule has 6 heteroatoms. The zero-order valence-corrected chi connectivity index (χ0v) is 9.59. The highest BCUT2D eigenvalue weighted by Crippen LogP contribution is 2.21. The maximum atomic E-state index is 11.7. The minimum atomic E-state index is -3.72. The summed E-state index contributed by atoms with van der Waals surface area (Å²) in [6.07, 6.45) is 0. The summed E-state index contributed by atoms with van der Waals surface area (Å²) in [6, 6.07) is 0. The first kappa shape index (κ1) is 13.4. The number of carboxylic acid groups (broad SMARTS) is 1. The standard InChI is InChI=1S/C8H16O5S/c1-6(5-13-4)14(11,12)8(2,3)7(9)10/h6H,5H2,1-4H3,(H,9,10). The van der Waals surface area contributed by atoms with E-state index in [0.717, 1.165) is 0 Å². The third-order valence-corrected chi connectivity index (χ3v) is 4.95.